The summed E-state index contributed by atoms with van der Waals surface area (Å²) in [5.74, 6) is -0.784. The molecule has 0 amide bonds. The van der Waals surface area contributed by atoms with Gasteiger partial charge >= 0.3 is 5.97 Å². The fourth-order valence-corrected chi connectivity index (χ4v) is 2.04. The van der Waals surface area contributed by atoms with Crippen LogP contribution in [0.25, 0.3) is 0 Å². The van der Waals surface area contributed by atoms with Crippen molar-refractivity contribution < 1.29 is 9.90 Å². The predicted molar refractivity (Wildman–Crippen MR) is 72.1 cm³/mol. The minimum Gasteiger partial charge on any atom is -0.481 e. The third-order valence-corrected chi connectivity index (χ3v) is 3.12. The molecular weight excluding hydrogens is 214 g/mol. The summed E-state index contributed by atoms with van der Waals surface area (Å²) >= 11 is 0. The second-order valence-electron chi connectivity index (χ2n) is 4.98. The highest BCUT2D eigenvalue weighted by molar-refractivity contribution is 5.67. The van der Waals surface area contributed by atoms with Crippen molar-refractivity contribution in [2.45, 2.75) is 83.6 Å². The summed E-state index contributed by atoms with van der Waals surface area (Å²) in [6.07, 6.45) is 12.6. The molecule has 0 saturated heterocycles. The Labute approximate surface area is 106 Å². The Bertz CT molecular complexity index is 183. The standard InChI is InChI=1S/C14H29NO2/c1-2-3-4-5-6-7-8-9-10-11-13(15)12-14(16)17/h13H,2-12,15H2,1H3,(H,16,17)/t13-/m0/s1. The van der Waals surface area contributed by atoms with Gasteiger partial charge in [-0.3, -0.25) is 4.79 Å². The molecule has 0 unspecified atom stereocenters. The Hall–Kier alpha value is -0.570. The molecule has 0 saturated carbocycles. The van der Waals surface area contributed by atoms with E-state index in [0.29, 0.717) is 0 Å². The smallest absolute Gasteiger partial charge is 0.304 e. The summed E-state index contributed by atoms with van der Waals surface area (Å²) in [6.45, 7) is 2.24. The number of nitrogens with two attached hydrogens (primary N) is 1. The largest absolute Gasteiger partial charge is 0.481 e. The number of carbonyl (C=O) groups is 1. The van der Waals surface area contributed by atoms with Crippen LogP contribution in [0, 0.1) is 0 Å². The zero-order chi connectivity index (χ0) is 12.9. The van der Waals surface area contributed by atoms with Gasteiger partial charge in [0.15, 0.2) is 0 Å². The maximum Gasteiger partial charge on any atom is 0.304 e. The van der Waals surface area contributed by atoms with Gasteiger partial charge in [-0.05, 0) is 6.42 Å². The average Bonchev–Trinajstić information content (AvgIpc) is 2.26. The number of carboxylic acids is 1. The van der Waals surface area contributed by atoms with Crippen molar-refractivity contribution in [1.82, 2.24) is 0 Å². The first-order valence-electron chi connectivity index (χ1n) is 7.14. The summed E-state index contributed by atoms with van der Waals surface area (Å²) in [6, 6.07) is -0.156. The van der Waals surface area contributed by atoms with Crippen molar-refractivity contribution in [1.29, 1.82) is 0 Å². The van der Waals surface area contributed by atoms with Crippen LogP contribution in [0.1, 0.15) is 77.6 Å². The SMILES string of the molecule is CCCCCCCCCCC[C@H](N)CC(=O)O. The normalized spacial score (nSPS) is 12.6. The van der Waals surface area contributed by atoms with Gasteiger partial charge in [-0.1, -0.05) is 64.7 Å². The molecule has 0 aliphatic carbocycles. The minimum absolute atomic E-state index is 0.108. The van der Waals surface area contributed by atoms with Crippen LogP contribution < -0.4 is 5.73 Å². The molecule has 0 heterocycles. The Balaban J connectivity index is 3.10. The van der Waals surface area contributed by atoms with E-state index in [4.69, 9.17) is 10.8 Å². The van der Waals surface area contributed by atoms with Crippen LogP contribution in [0.5, 0.6) is 0 Å². The molecule has 0 aliphatic heterocycles. The third-order valence-electron chi connectivity index (χ3n) is 3.12. The highest BCUT2D eigenvalue weighted by Crippen LogP contribution is 2.11. The van der Waals surface area contributed by atoms with Gasteiger partial charge in [0.05, 0.1) is 6.42 Å². The van der Waals surface area contributed by atoms with E-state index in [1.54, 1.807) is 0 Å². The van der Waals surface area contributed by atoms with Gasteiger partial charge < -0.3 is 10.8 Å². The number of hydrogen-bond acceptors (Lipinski definition) is 2. The topological polar surface area (TPSA) is 63.3 Å². The summed E-state index contributed by atoms with van der Waals surface area (Å²) in [5.41, 5.74) is 5.69. The zero-order valence-electron chi connectivity index (χ0n) is 11.3. The molecule has 3 heteroatoms. The van der Waals surface area contributed by atoms with Gasteiger partial charge in [0.25, 0.3) is 0 Å². The second-order valence-corrected chi connectivity index (χ2v) is 4.98. The summed E-state index contributed by atoms with van der Waals surface area (Å²) in [5, 5.41) is 8.55. The molecule has 1 atom stereocenters. The maximum atomic E-state index is 10.4. The van der Waals surface area contributed by atoms with E-state index < -0.39 is 5.97 Å². The van der Waals surface area contributed by atoms with Crippen molar-refractivity contribution in [3.05, 3.63) is 0 Å². The van der Waals surface area contributed by atoms with Gasteiger partial charge in [-0.15, -0.1) is 0 Å². The predicted octanol–water partition coefficient (Wildman–Crippen LogP) is 3.71. The molecule has 0 aromatic heterocycles. The van der Waals surface area contributed by atoms with Crippen LogP contribution in [-0.2, 0) is 4.79 Å². The third kappa shape index (κ3) is 13.4. The Kier molecular flexibility index (Phi) is 11.5. The van der Waals surface area contributed by atoms with E-state index in [-0.39, 0.29) is 12.5 Å². The molecule has 17 heavy (non-hydrogen) atoms. The fourth-order valence-electron chi connectivity index (χ4n) is 2.04. The highest BCUT2D eigenvalue weighted by atomic mass is 16.4. The Morgan fingerprint density at radius 2 is 1.47 bits per heavy atom. The molecule has 0 bridgehead atoms. The summed E-state index contributed by atoms with van der Waals surface area (Å²) in [4.78, 5) is 10.4. The van der Waals surface area contributed by atoms with E-state index >= 15 is 0 Å². The van der Waals surface area contributed by atoms with Crippen molar-refractivity contribution in [3.63, 3.8) is 0 Å². The number of hydrogen-bond donors (Lipinski definition) is 2. The lowest BCUT2D eigenvalue weighted by Crippen LogP contribution is -2.23. The number of rotatable bonds is 12. The first-order valence-corrected chi connectivity index (χ1v) is 7.14. The van der Waals surface area contributed by atoms with Crippen molar-refractivity contribution in [2.75, 3.05) is 0 Å². The van der Waals surface area contributed by atoms with Crippen molar-refractivity contribution in [3.8, 4) is 0 Å². The van der Waals surface area contributed by atoms with E-state index in [2.05, 4.69) is 6.92 Å². The molecule has 3 nitrogen and oxygen atoms in total. The van der Waals surface area contributed by atoms with Crippen LogP contribution in [0.2, 0.25) is 0 Å². The average molecular weight is 243 g/mol. The first-order chi connectivity index (χ1) is 8.16. The van der Waals surface area contributed by atoms with Crippen LogP contribution in [0.4, 0.5) is 0 Å². The van der Waals surface area contributed by atoms with E-state index in [9.17, 15) is 4.79 Å². The molecule has 0 radical (unpaired) electrons. The van der Waals surface area contributed by atoms with E-state index in [1.807, 2.05) is 0 Å². The van der Waals surface area contributed by atoms with Crippen molar-refractivity contribution >= 4 is 5.97 Å². The second kappa shape index (κ2) is 11.9. The molecule has 3 N–H and O–H groups in total. The Morgan fingerprint density at radius 3 is 1.94 bits per heavy atom. The highest BCUT2D eigenvalue weighted by Gasteiger charge is 2.06. The quantitative estimate of drug-likeness (QED) is 0.514. The summed E-state index contributed by atoms with van der Waals surface area (Å²) in [7, 11) is 0. The summed E-state index contributed by atoms with van der Waals surface area (Å²) < 4.78 is 0. The molecule has 0 spiro atoms. The van der Waals surface area contributed by atoms with Crippen LogP contribution in [0.3, 0.4) is 0 Å². The lowest BCUT2D eigenvalue weighted by Gasteiger charge is -2.08. The van der Waals surface area contributed by atoms with E-state index in [0.717, 1.165) is 12.8 Å². The maximum absolute atomic E-state index is 10.4. The lowest BCUT2D eigenvalue weighted by molar-refractivity contribution is -0.137. The van der Waals surface area contributed by atoms with E-state index in [1.165, 1.54) is 51.4 Å². The lowest BCUT2D eigenvalue weighted by atomic mass is 10.0. The van der Waals surface area contributed by atoms with Crippen LogP contribution in [0.15, 0.2) is 0 Å². The zero-order valence-corrected chi connectivity index (χ0v) is 11.3. The molecule has 0 aromatic rings. The van der Waals surface area contributed by atoms with Gasteiger partial charge in [-0.25, -0.2) is 0 Å². The van der Waals surface area contributed by atoms with Crippen molar-refractivity contribution in [2.24, 2.45) is 5.73 Å². The number of unbranched alkanes of at least 4 members (excludes halogenated alkanes) is 8. The molecule has 102 valence electrons. The number of aliphatic carboxylic acids is 1. The molecule has 0 aliphatic rings. The molecule has 0 aromatic carbocycles. The van der Waals surface area contributed by atoms with Crippen LogP contribution >= 0.6 is 0 Å². The Morgan fingerprint density at radius 1 is 1.00 bits per heavy atom. The minimum atomic E-state index is -0.784. The first kappa shape index (κ1) is 16.4. The monoisotopic (exact) mass is 243 g/mol. The molecular formula is C14H29NO2. The van der Waals surface area contributed by atoms with Gasteiger partial charge in [0, 0.05) is 6.04 Å². The number of carboxylic acid groups (broad SMARTS) is 1. The van der Waals surface area contributed by atoms with Crippen LogP contribution in [-0.4, -0.2) is 17.1 Å². The molecule has 0 fully saturated rings. The van der Waals surface area contributed by atoms with Gasteiger partial charge in [-0.2, -0.15) is 0 Å². The van der Waals surface area contributed by atoms with Gasteiger partial charge in [0.2, 0.25) is 0 Å². The fraction of sp³-hybridized carbons (Fsp3) is 0.929. The van der Waals surface area contributed by atoms with Gasteiger partial charge in [0.1, 0.15) is 0 Å². The molecule has 0 rings (SSSR count).